The van der Waals surface area contributed by atoms with Gasteiger partial charge < -0.3 is 15.3 Å². The van der Waals surface area contributed by atoms with E-state index in [1.54, 1.807) is 0 Å². The van der Waals surface area contributed by atoms with Crippen LogP contribution in [-0.4, -0.2) is 46.6 Å². The highest BCUT2D eigenvalue weighted by Crippen LogP contribution is 2.12. The molecule has 0 unspecified atom stereocenters. The number of thioether (sulfide) groups is 1. The highest BCUT2D eigenvalue weighted by molar-refractivity contribution is 7.99. The second kappa shape index (κ2) is 24.3. The molecule has 0 saturated carbocycles. The molecule has 0 spiro atoms. The van der Waals surface area contributed by atoms with Crippen LogP contribution in [0, 0.1) is 0 Å². The predicted octanol–water partition coefficient (Wildman–Crippen LogP) is 3.60. The van der Waals surface area contributed by atoms with Crippen molar-refractivity contribution in [2.45, 2.75) is 71.1 Å². The Bertz CT molecular complexity index is 130. The van der Waals surface area contributed by atoms with Gasteiger partial charge in [-0.2, -0.15) is 11.8 Å². The highest BCUT2D eigenvalue weighted by atomic mass is 32.2. The Balaban J connectivity index is 0. The third-order valence-corrected chi connectivity index (χ3v) is 4.03. The molecular formula is C16H36O3S. The molecule has 0 bridgehead atoms. The van der Waals surface area contributed by atoms with Gasteiger partial charge in [0.1, 0.15) is 0 Å². The van der Waals surface area contributed by atoms with Crippen LogP contribution in [0.4, 0.5) is 0 Å². The van der Waals surface area contributed by atoms with Crippen LogP contribution >= 0.6 is 11.8 Å². The van der Waals surface area contributed by atoms with Gasteiger partial charge in [-0.25, -0.2) is 0 Å². The van der Waals surface area contributed by atoms with Crippen LogP contribution in [0.2, 0.25) is 0 Å². The molecule has 4 heteroatoms. The molecule has 0 aromatic carbocycles. The van der Waals surface area contributed by atoms with Gasteiger partial charge in [-0.15, -0.1) is 0 Å². The predicted molar refractivity (Wildman–Crippen MR) is 90.4 cm³/mol. The van der Waals surface area contributed by atoms with E-state index < -0.39 is 0 Å². The molecule has 0 aliphatic carbocycles. The second-order valence-corrected chi connectivity index (χ2v) is 6.19. The summed E-state index contributed by atoms with van der Waals surface area (Å²) >= 11 is 1.88. The monoisotopic (exact) mass is 308 g/mol. The zero-order valence-electron chi connectivity index (χ0n) is 13.4. The molecule has 0 radical (unpaired) electrons. The molecule has 0 atom stereocenters. The third kappa shape index (κ3) is 26.7. The molecular weight excluding hydrogens is 272 g/mol. The Morgan fingerprint density at radius 1 is 0.550 bits per heavy atom. The van der Waals surface area contributed by atoms with Gasteiger partial charge in [0.15, 0.2) is 0 Å². The maximum absolute atomic E-state index is 8.61. The van der Waals surface area contributed by atoms with Gasteiger partial charge in [-0.3, -0.25) is 0 Å². The van der Waals surface area contributed by atoms with Crippen molar-refractivity contribution in [1.82, 2.24) is 0 Å². The standard InChI is InChI=1S/C14H30OS.C2H6O2/c1-2-3-4-5-6-7-8-9-10-11-13-16-14-12-15;3-1-2-4/h15H,2-14H2,1H3;3-4H,1-2H2. The van der Waals surface area contributed by atoms with Gasteiger partial charge in [-0.1, -0.05) is 64.7 Å². The number of hydrogen-bond donors (Lipinski definition) is 3. The fourth-order valence-electron chi connectivity index (χ4n) is 1.86. The van der Waals surface area contributed by atoms with Gasteiger partial charge in [0, 0.05) is 5.75 Å². The lowest BCUT2D eigenvalue weighted by molar-refractivity contribution is 0.186. The first-order chi connectivity index (χ1) is 9.83. The minimum absolute atomic E-state index is 0.125. The first-order valence-electron chi connectivity index (χ1n) is 8.23. The van der Waals surface area contributed by atoms with E-state index in [1.807, 2.05) is 11.8 Å². The van der Waals surface area contributed by atoms with Gasteiger partial charge >= 0.3 is 0 Å². The maximum atomic E-state index is 8.61. The Morgan fingerprint density at radius 3 is 1.40 bits per heavy atom. The normalized spacial score (nSPS) is 10.2. The van der Waals surface area contributed by atoms with Crippen molar-refractivity contribution in [1.29, 1.82) is 0 Å². The van der Waals surface area contributed by atoms with E-state index >= 15 is 0 Å². The van der Waals surface area contributed by atoms with Crippen molar-refractivity contribution in [3.05, 3.63) is 0 Å². The summed E-state index contributed by atoms with van der Waals surface area (Å²) in [4.78, 5) is 0. The van der Waals surface area contributed by atoms with Gasteiger partial charge in [0.25, 0.3) is 0 Å². The molecule has 20 heavy (non-hydrogen) atoms. The van der Waals surface area contributed by atoms with Crippen LogP contribution in [0.25, 0.3) is 0 Å². The van der Waals surface area contributed by atoms with E-state index in [-0.39, 0.29) is 13.2 Å². The molecule has 0 rings (SSSR count). The van der Waals surface area contributed by atoms with E-state index in [0.717, 1.165) is 5.75 Å². The summed E-state index contributed by atoms with van der Waals surface area (Å²) in [7, 11) is 0. The van der Waals surface area contributed by atoms with Crippen molar-refractivity contribution in [2.24, 2.45) is 0 Å². The summed E-state index contributed by atoms with van der Waals surface area (Å²) in [6.45, 7) is 2.36. The number of unbranched alkanes of at least 4 members (excludes halogenated alkanes) is 9. The van der Waals surface area contributed by atoms with E-state index in [0.29, 0.717) is 6.61 Å². The minimum Gasteiger partial charge on any atom is -0.396 e. The summed E-state index contributed by atoms with van der Waals surface area (Å²) in [5.74, 6) is 2.15. The number of hydrogen-bond acceptors (Lipinski definition) is 4. The number of aliphatic hydroxyl groups is 3. The van der Waals surface area contributed by atoms with Crippen LogP contribution in [0.1, 0.15) is 71.1 Å². The molecule has 3 N–H and O–H groups in total. The van der Waals surface area contributed by atoms with Gasteiger partial charge in [0.05, 0.1) is 19.8 Å². The largest absolute Gasteiger partial charge is 0.396 e. The summed E-state index contributed by atoms with van der Waals surface area (Å²) in [6.07, 6.45) is 14.1. The van der Waals surface area contributed by atoms with Gasteiger partial charge in [-0.05, 0) is 12.2 Å². The minimum atomic E-state index is -0.125. The van der Waals surface area contributed by atoms with Crippen LogP contribution in [0.15, 0.2) is 0 Å². The van der Waals surface area contributed by atoms with E-state index in [2.05, 4.69) is 6.92 Å². The lowest BCUT2D eigenvalue weighted by Crippen LogP contribution is -1.89. The lowest BCUT2D eigenvalue weighted by Gasteiger charge is -2.02. The summed E-state index contributed by atoms with van der Waals surface area (Å²) < 4.78 is 0. The van der Waals surface area contributed by atoms with Crippen LogP contribution in [0.3, 0.4) is 0 Å². The number of rotatable bonds is 14. The molecule has 0 heterocycles. The SMILES string of the molecule is CCCCCCCCCCCCSCCO.OCCO. The van der Waals surface area contributed by atoms with Crippen LogP contribution < -0.4 is 0 Å². The maximum Gasteiger partial charge on any atom is 0.0662 e. The Morgan fingerprint density at radius 2 is 1.00 bits per heavy atom. The first-order valence-corrected chi connectivity index (χ1v) is 9.39. The topological polar surface area (TPSA) is 60.7 Å². The first kappa shape index (κ1) is 22.5. The molecule has 124 valence electrons. The smallest absolute Gasteiger partial charge is 0.0662 e. The Kier molecular flexibility index (Phi) is 27.3. The van der Waals surface area contributed by atoms with Crippen molar-refractivity contribution < 1.29 is 15.3 Å². The molecule has 0 aliphatic rings. The number of aliphatic hydroxyl groups excluding tert-OH is 3. The summed E-state index contributed by atoms with van der Waals surface area (Å²) in [5, 5.41) is 23.9. The molecule has 0 fully saturated rings. The molecule has 0 aromatic rings. The summed E-state index contributed by atoms with van der Waals surface area (Å²) in [5.41, 5.74) is 0. The van der Waals surface area contributed by atoms with E-state index in [1.165, 1.54) is 70.0 Å². The van der Waals surface area contributed by atoms with Crippen LogP contribution in [0.5, 0.6) is 0 Å². The molecule has 0 aliphatic heterocycles. The van der Waals surface area contributed by atoms with Crippen LogP contribution in [-0.2, 0) is 0 Å². The second-order valence-electron chi connectivity index (χ2n) is 4.97. The molecule has 0 aromatic heterocycles. The Labute approximate surface area is 130 Å². The highest BCUT2D eigenvalue weighted by Gasteiger charge is 1.93. The van der Waals surface area contributed by atoms with Crippen molar-refractivity contribution in [3.63, 3.8) is 0 Å². The average molecular weight is 309 g/mol. The zero-order chi connectivity index (χ0) is 15.3. The van der Waals surface area contributed by atoms with E-state index in [9.17, 15) is 0 Å². The quantitative estimate of drug-likeness (QED) is 0.429. The fourth-order valence-corrected chi connectivity index (χ4v) is 2.60. The van der Waals surface area contributed by atoms with E-state index in [4.69, 9.17) is 15.3 Å². The molecule has 0 amide bonds. The summed E-state index contributed by atoms with van der Waals surface area (Å²) in [6, 6.07) is 0. The van der Waals surface area contributed by atoms with Crippen molar-refractivity contribution in [3.8, 4) is 0 Å². The average Bonchev–Trinajstić information content (AvgIpc) is 2.49. The molecule has 3 nitrogen and oxygen atoms in total. The van der Waals surface area contributed by atoms with Crippen molar-refractivity contribution >= 4 is 11.8 Å². The fraction of sp³-hybridized carbons (Fsp3) is 1.00. The molecule has 0 saturated heterocycles. The third-order valence-electron chi connectivity index (χ3n) is 2.98. The zero-order valence-corrected chi connectivity index (χ0v) is 14.2. The Hall–Kier alpha value is 0.230. The van der Waals surface area contributed by atoms with Crippen molar-refractivity contribution in [2.75, 3.05) is 31.3 Å². The lowest BCUT2D eigenvalue weighted by atomic mass is 10.1. The van der Waals surface area contributed by atoms with Gasteiger partial charge in [0.2, 0.25) is 0 Å².